The van der Waals surface area contributed by atoms with Crippen molar-refractivity contribution >= 4 is 22.6 Å². The topological polar surface area (TPSA) is 35.2 Å². The van der Waals surface area contributed by atoms with E-state index < -0.39 is 11.9 Å². The number of benzene rings is 2. The first kappa shape index (κ1) is 13.3. The molecule has 0 aliphatic carbocycles. The Labute approximate surface area is 119 Å². The molecule has 18 heavy (non-hydrogen) atoms. The van der Waals surface area contributed by atoms with Crippen LogP contribution < -0.4 is 10.5 Å². The van der Waals surface area contributed by atoms with Crippen LogP contribution in [0.4, 0.5) is 4.39 Å². The van der Waals surface area contributed by atoms with Gasteiger partial charge in [-0.25, -0.2) is 4.39 Å². The van der Waals surface area contributed by atoms with Crippen LogP contribution in [0.15, 0.2) is 42.5 Å². The Hall–Kier alpha value is -1.14. The predicted octanol–water partition coefficient (Wildman–Crippen LogP) is 3.49. The van der Waals surface area contributed by atoms with Gasteiger partial charge in [0, 0.05) is 9.13 Å². The van der Waals surface area contributed by atoms with Gasteiger partial charge < -0.3 is 10.5 Å². The van der Waals surface area contributed by atoms with Crippen LogP contribution in [0, 0.1) is 9.39 Å². The van der Waals surface area contributed by atoms with Crippen molar-refractivity contribution in [2.75, 3.05) is 7.11 Å². The van der Waals surface area contributed by atoms with Gasteiger partial charge in [0.2, 0.25) is 0 Å². The molecule has 2 aromatic carbocycles. The SMILES string of the molecule is COc1cccc(C(N)c2ccc(I)cc2)c1F. The molecule has 0 saturated carbocycles. The lowest BCUT2D eigenvalue weighted by molar-refractivity contribution is 0.383. The highest BCUT2D eigenvalue weighted by Crippen LogP contribution is 2.27. The Kier molecular flexibility index (Phi) is 4.19. The van der Waals surface area contributed by atoms with Crippen molar-refractivity contribution in [3.63, 3.8) is 0 Å². The molecular weight excluding hydrogens is 344 g/mol. The lowest BCUT2D eigenvalue weighted by Gasteiger charge is -2.15. The molecule has 2 nitrogen and oxygen atoms in total. The van der Waals surface area contributed by atoms with E-state index in [2.05, 4.69) is 22.6 Å². The summed E-state index contributed by atoms with van der Waals surface area (Å²) in [5.41, 5.74) is 7.41. The molecule has 2 rings (SSSR count). The summed E-state index contributed by atoms with van der Waals surface area (Å²) in [6.45, 7) is 0. The highest BCUT2D eigenvalue weighted by atomic mass is 127. The van der Waals surface area contributed by atoms with Gasteiger partial charge in [0.25, 0.3) is 0 Å². The standard InChI is InChI=1S/C14H13FINO/c1-18-12-4-2-3-11(13(12)15)14(17)9-5-7-10(16)8-6-9/h2-8,14H,17H2,1H3. The molecule has 0 bridgehead atoms. The van der Waals surface area contributed by atoms with Crippen molar-refractivity contribution in [3.8, 4) is 5.75 Å². The average Bonchev–Trinajstić information content (AvgIpc) is 2.39. The molecule has 0 aromatic heterocycles. The van der Waals surface area contributed by atoms with E-state index >= 15 is 0 Å². The van der Waals surface area contributed by atoms with Crippen molar-refractivity contribution in [1.82, 2.24) is 0 Å². The molecule has 1 atom stereocenters. The summed E-state index contributed by atoms with van der Waals surface area (Å²) in [4.78, 5) is 0. The number of methoxy groups -OCH3 is 1. The molecule has 0 aliphatic heterocycles. The Balaban J connectivity index is 2.39. The van der Waals surface area contributed by atoms with Crippen LogP contribution in [-0.4, -0.2) is 7.11 Å². The third-order valence-electron chi connectivity index (χ3n) is 2.78. The van der Waals surface area contributed by atoms with Crippen molar-refractivity contribution in [2.45, 2.75) is 6.04 Å². The number of ether oxygens (including phenoxy) is 1. The summed E-state index contributed by atoms with van der Waals surface area (Å²) < 4.78 is 20.2. The molecule has 1 unspecified atom stereocenters. The van der Waals surface area contributed by atoms with E-state index in [-0.39, 0.29) is 5.75 Å². The van der Waals surface area contributed by atoms with Crippen LogP contribution in [0.5, 0.6) is 5.75 Å². The fourth-order valence-electron chi connectivity index (χ4n) is 1.78. The van der Waals surface area contributed by atoms with Crippen LogP contribution in [0.1, 0.15) is 17.2 Å². The largest absolute Gasteiger partial charge is 0.494 e. The summed E-state index contributed by atoms with van der Waals surface area (Å²) in [5, 5.41) is 0. The molecule has 0 amide bonds. The van der Waals surface area contributed by atoms with Gasteiger partial charge >= 0.3 is 0 Å². The number of hydrogen-bond acceptors (Lipinski definition) is 2. The van der Waals surface area contributed by atoms with E-state index in [0.717, 1.165) is 9.13 Å². The summed E-state index contributed by atoms with van der Waals surface area (Å²) in [5.74, 6) is -0.181. The van der Waals surface area contributed by atoms with E-state index in [9.17, 15) is 4.39 Å². The molecule has 94 valence electrons. The quantitative estimate of drug-likeness (QED) is 0.854. The van der Waals surface area contributed by atoms with Crippen LogP contribution in [0.2, 0.25) is 0 Å². The maximum atomic E-state index is 14.1. The van der Waals surface area contributed by atoms with Crippen LogP contribution in [-0.2, 0) is 0 Å². The maximum Gasteiger partial charge on any atom is 0.170 e. The minimum absolute atomic E-state index is 0.216. The Morgan fingerprint density at radius 3 is 2.44 bits per heavy atom. The van der Waals surface area contributed by atoms with Crippen LogP contribution in [0.25, 0.3) is 0 Å². The monoisotopic (exact) mass is 357 g/mol. The fourth-order valence-corrected chi connectivity index (χ4v) is 2.13. The Morgan fingerprint density at radius 1 is 1.17 bits per heavy atom. The van der Waals surface area contributed by atoms with E-state index in [1.807, 2.05) is 24.3 Å². The lowest BCUT2D eigenvalue weighted by atomic mass is 9.99. The predicted molar refractivity (Wildman–Crippen MR) is 78.1 cm³/mol. The van der Waals surface area contributed by atoms with Gasteiger partial charge in [0.15, 0.2) is 11.6 Å². The third kappa shape index (κ3) is 2.64. The number of rotatable bonds is 3. The van der Waals surface area contributed by atoms with Gasteiger partial charge in [-0.3, -0.25) is 0 Å². The van der Waals surface area contributed by atoms with Gasteiger partial charge in [-0.2, -0.15) is 0 Å². The normalized spacial score (nSPS) is 12.2. The van der Waals surface area contributed by atoms with Gasteiger partial charge in [-0.15, -0.1) is 0 Å². The van der Waals surface area contributed by atoms with Gasteiger partial charge in [-0.1, -0.05) is 24.3 Å². The van der Waals surface area contributed by atoms with E-state index in [0.29, 0.717) is 5.56 Å². The highest BCUT2D eigenvalue weighted by molar-refractivity contribution is 14.1. The second-order valence-corrected chi connectivity index (χ2v) is 5.14. The van der Waals surface area contributed by atoms with Gasteiger partial charge in [0.1, 0.15) is 0 Å². The third-order valence-corrected chi connectivity index (χ3v) is 3.50. The lowest BCUT2D eigenvalue weighted by Crippen LogP contribution is -2.14. The molecule has 2 N–H and O–H groups in total. The summed E-state index contributed by atoms with van der Waals surface area (Å²) in [6.07, 6.45) is 0. The highest BCUT2D eigenvalue weighted by Gasteiger charge is 2.16. The fraction of sp³-hybridized carbons (Fsp3) is 0.143. The second-order valence-electron chi connectivity index (χ2n) is 3.89. The van der Waals surface area contributed by atoms with Gasteiger partial charge in [-0.05, 0) is 46.4 Å². The molecule has 0 spiro atoms. The average molecular weight is 357 g/mol. The minimum atomic E-state index is -0.489. The van der Waals surface area contributed by atoms with Crippen molar-refractivity contribution in [2.24, 2.45) is 5.73 Å². The van der Waals surface area contributed by atoms with E-state index in [1.165, 1.54) is 7.11 Å². The molecule has 4 heteroatoms. The zero-order valence-electron chi connectivity index (χ0n) is 9.86. The molecule has 0 saturated heterocycles. The van der Waals surface area contributed by atoms with Crippen LogP contribution >= 0.6 is 22.6 Å². The first-order valence-corrected chi connectivity index (χ1v) is 6.55. The van der Waals surface area contributed by atoms with Crippen molar-refractivity contribution in [3.05, 3.63) is 63.0 Å². The van der Waals surface area contributed by atoms with Crippen molar-refractivity contribution < 1.29 is 9.13 Å². The molecule has 0 aliphatic rings. The Bertz CT molecular complexity index is 542. The maximum absolute atomic E-state index is 14.1. The zero-order chi connectivity index (χ0) is 13.1. The number of nitrogens with two attached hydrogens (primary N) is 1. The number of halogens is 2. The van der Waals surface area contributed by atoms with E-state index in [1.54, 1.807) is 18.2 Å². The first-order chi connectivity index (χ1) is 8.63. The van der Waals surface area contributed by atoms with Crippen LogP contribution in [0.3, 0.4) is 0 Å². The summed E-state index contributed by atoms with van der Waals surface area (Å²) in [6, 6.07) is 12.2. The number of hydrogen-bond donors (Lipinski definition) is 1. The van der Waals surface area contributed by atoms with Gasteiger partial charge in [0.05, 0.1) is 13.2 Å². The van der Waals surface area contributed by atoms with E-state index in [4.69, 9.17) is 10.5 Å². The first-order valence-electron chi connectivity index (χ1n) is 5.47. The molecular formula is C14H13FINO. The Morgan fingerprint density at radius 2 is 1.83 bits per heavy atom. The molecule has 0 heterocycles. The smallest absolute Gasteiger partial charge is 0.170 e. The minimum Gasteiger partial charge on any atom is -0.494 e. The summed E-state index contributed by atoms with van der Waals surface area (Å²) >= 11 is 2.22. The molecule has 2 aromatic rings. The van der Waals surface area contributed by atoms with Crippen molar-refractivity contribution in [1.29, 1.82) is 0 Å². The molecule has 0 radical (unpaired) electrons. The summed E-state index contributed by atoms with van der Waals surface area (Å²) in [7, 11) is 1.44. The molecule has 0 fully saturated rings. The zero-order valence-corrected chi connectivity index (χ0v) is 12.0. The second kappa shape index (κ2) is 5.67.